The summed E-state index contributed by atoms with van der Waals surface area (Å²) < 4.78 is 23.9. The maximum atomic E-state index is 13.4. The van der Waals surface area contributed by atoms with Gasteiger partial charge in [-0.2, -0.15) is 0 Å². The second-order valence-electron chi connectivity index (χ2n) is 8.25. The van der Waals surface area contributed by atoms with Crippen molar-refractivity contribution in [1.82, 2.24) is 4.90 Å². The molecule has 1 aliphatic heterocycles. The van der Waals surface area contributed by atoms with Crippen molar-refractivity contribution in [2.45, 2.75) is 44.6 Å². The van der Waals surface area contributed by atoms with Gasteiger partial charge in [-0.1, -0.05) is 6.92 Å². The van der Waals surface area contributed by atoms with Crippen LogP contribution in [0.15, 0.2) is 48.5 Å². The van der Waals surface area contributed by atoms with Crippen molar-refractivity contribution >= 4 is 29.9 Å². The Kier molecular flexibility index (Phi) is 10.2. The average Bonchev–Trinajstić information content (AvgIpc) is 2.85. The summed E-state index contributed by atoms with van der Waals surface area (Å²) in [6.07, 6.45) is 2.02. The number of nitrogens with zero attached hydrogens (tertiary/aromatic N) is 1. The van der Waals surface area contributed by atoms with Gasteiger partial charge in [0, 0.05) is 49.9 Å². The first-order chi connectivity index (χ1) is 15.9. The van der Waals surface area contributed by atoms with Crippen LogP contribution in [0, 0.1) is 5.82 Å². The standard InChI is InChI=1S/C26H30FNO5.ClH/c1-3-24(30)33-26(25(31)20-8-12-22(32-2)13-9-20)14-17-28(18-15-26)16-4-5-23(29)19-6-10-21(27)11-7-19;/h6-13H,3-5,14-18H2,1-2H3;1H. The molecule has 1 aliphatic rings. The van der Waals surface area contributed by atoms with Crippen LogP contribution in [0.1, 0.15) is 59.7 Å². The zero-order chi connectivity index (χ0) is 23.8. The van der Waals surface area contributed by atoms with Gasteiger partial charge in [0.15, 0.2) is 11.4 Å². The fourth-order valence-corrected chi connectivity index (χ4v) is 4.05. The summed E-state index contributed by atoms with van der Waals surface area (Å²) in [6.45, 7) is 3.58. The summed E-state index contributed by atoms with van der Waals surface area (Å²) in [4.78, 5) is 40.0. The molecule has 8 heteroatoms. The number of benzene rings is 2. The Morgan fingerprint density at radius 2 is 1.56 bits per heavy atom. The number of halogens is 2. The van der Waals surface area contributed by atoms with Gasteiger partial charge in [0.1, 0.15) is 11.6 Å². The van der Waals surface area contributed by atoms with Crippen molar-refractivity contribution in [3.05, 3.63) is 65.5 Å². The molecule has 0 unspecified atom stereocenters. The second-order valence-corrected chi connectivity index (χ2v) is 8.25. The molecule has 0 radical (unpaired) electrons. The average molecular weight is 492 g/mol. The molecule has 2 aromatic rings. The lowest BCUT2D eigenvalue weighted by Gasteiger charge is -2.40. The van der Waals surface area contributed by atoms with Gasteiger partial charge in [-0.3, -0.25) is 14.4 Å². The minimum Gasteiger partial charge on any atom is -0.497 e. The predicted octanol–water partition coefficient (Wildman–Crippen LogP) is 4.89. The molecule has 0 atom stereocenters. The number of ether oxygens (including phenoxy) is 2. The van der Waals surface area contributed by atoms with Crippen LogP contribution in [-0.4, -0.2) is 54.8 Å². The van der Waals surface area contributed by atoms with Gasteiger partial charge in [-0.15, -0.1) is 12.4 Å². The number of carbonyl (C=O) groups is 3. The third-order valence-corrected chi connectivity index (χ3v) is 6.07. The second kappa shape index (κ2) is 12.6. The minimum absolute atomic E-state index is 0. The Morgan fingerprint density at radius 3 is 2.12 bits per heavy atom. The van der Waals surface area contributed by atoms with E-state index in [1.807, 2.05) is 0 Å². The van der Waals surface area contributed by atoms with Crippen LogP contribution in [0.2, 0.25) is 0 Å². The van der Waals surface area contributed by atoms with E-state index in [1.165, 1.54) is 24.3 Å². The number of likely N-dealkylation sites (tertiary alicyclic amines) is 1. The summed E-state index contributed by atoms with van der Waals surface area (Å²) in [7, 11) is 1.56. The lowest BCUT2D eigenvalue weighted by Crippen LogP contribution is -2.52. The first kappa shape index (κ1) is 27.5. The van der Waals surface area contributed by atoms with E-state index in [0.717, 1.165) is 0 Å². The van der Waals surface area contributed by atoms with E-state index in [1.54, 1.807) is 38.3 Å². The minimum atomic E-state index is -1.18. The van der Waals surface area contributed by atoms with Crippen molar-refractivity contribution in [2.24, 2.45) is 0 Å². The Morgan fingerprint density at radius 1 is 0.971 bits per heavy atom. The Hall–Kier alpha value is -2.77. The lowest BCUT2D eigenvalue weighted by molar-refractivity contribution is -0.158. The van der Waals surface area contributed by atoms with E-state index < -0.39 is 11.6 Å². The number of esters is 1. The third kappa shape index (κ3) is 6.87. The van der Waals surface area contributed by atoms with Crippen LogP contribution >= 0.6 is 12.4 Å². The van der Waals surface area contributed by atoms with E-state index in [0.29, 0.717) is 62.2 Å². The van der Waals surface area contributed by atoms with Gasteiger partial charge in [-0.25, -0.2) is 4.39 Å². The number of rotatable bonds is 10. The zero-order valence-electron chi connectivity index (χ0n) is 19.6. The molecule has 3 rings (SSSR count). The normalized spacial score (nSPS) is 15.1. The molecule has 0 saturated carbocycles. The molecule has 0 bridgehead atoms. The van der Waals surface area contributed by atoms with E-state index in [-0.39, 0.29) is 36.2 Å². The maximum absolute atomic E-state index is 13.4. The molecular formula is C26H31ClFNO5. The molecule has 1 fully saturated rings. The summed E-state index contributed by atoms with van der Waals surface area (Å²) in [6, 6.07) is 12.4. The van der Waals surface area contributed by atoms with Gasteiger partial charge in [0.25, 0.3) is 0 Å². The number of Topliss-reactive ketones (excluding diaryl/α,β-unsaturated/α-hetero) is 2. The highest BCUT2D eigenvalue weighted by Crippen LogP contribution is 2.32. The maximum Gasteiger partial charge on any atom is 0.306 e. The quantitative estimate of drug-likeness (QED) is 0.348. The molecule has 0 amide bonds. The summed E-state index contributed by atoms with van der Waals surface area (Å²) in [5, 5.41) is 0. The SMILES string of the molecule is CCC(=O)OC1(C(=O)c2ccc(OC)cc2)CCN(CCCC(=O)c2ccc(F)cc2)CC1.Cl. The molecule has 0 spiro atoms. The highest BCUT2D eigenvalue weighted by molar-refractivity contribution is 6.03. The molecule has 0 aliphatic carbocycles. The number of carbonyl (C=O) groups excluding carboxylic acids is 3. The van der Waals surface area contributed by atoms with Crippen LogP contribution in [0.4, 0.5) is 4.39 Å². The Balaban J connectivity index is 0.00000408. The van der Waals surface area contributed by atoms with Gasteiger partial charge in [-0.05, 0) is 61.5 Å². The van der Waals surface area contributed by atoms with Gasteiger partial charge >= 0.3 is 5.97 Å². The molecule has 0 N–H and O–H groups in total. The third-order valence-electron chi connectivity index (χ3n) is 6.07. The topological polar surface area (TPSA) is 72.9 Å². The monoisotopic (exact) mass is 491 g/mol. The summed E-state index contributed by atoms with van der Waals surface area (Å²) >= 11 is 0. The lowest BCUT2D eigenvalue weighted by atomic mass is 9.83. The fourth-order valence-electron chi connectivity index (χ4n) is 4.05. The van der Waals surface area contributed by atoms with Crippen molar-refractivity contribution in [2.75, 3.05) is 26.7 Å². The molecule has 6 nitrogen and oxygen atoms in total. The van der Waals surface area contributed by atoms with Crippen molar-refractivity contribution < 1.29 is 28.2 Å². The number of methoxy groups -OCH3 is 1. The Labute approximate surface area is 205 Å². The molecule has 184 valence electrons. The van der Waals surface area contributed by atoms with E-state index in [4.69, 9.17) is 9.47 Å². The number of hydrogen-bond acceptors (Lipinski definition) is 6. The van der Waals surface area contributed by atoms with Gasteiger partial charge in [0.2, 0.25) is 5.78 Å². The number of hydrogen-bond donors (Lipinski definition) is 0. The van der Waals surface area contributed by atoms with Crippen LogP contribution in [0.5, 0.6) is 5.75 Å². The fraction of sp³-hybridized carbons (Fsp3) is 0.423. The van der Waals surface area contributed by atoms with E-state index >= 15 is 0 Å². The molecule has 0 aromatic heterocycles. The van der Waals surface area contributed by atoms with Crippen LogP contribution in [-0.2, 0) is 9.53 Å². The molecular weight excluding hydrogens is 461 g/mol. The van der Waals surface area contributed by atoms with Crippen LogP contribution < -0.4 is 4.74 Å². The molecule has 2 aromatic carbocycles. The van der Waals surface area contributed by atoms with E-state index in [9.17, 15) is 18.8 Å². The number of ketones is 2. The van der Waals surface area contributed by atoms with E-state index in [2.05, 4.69) is 4.90 Å². The molecule has 1 saturated heterocycles. The van der Waals surface area contributed by atoms with Crippen molar-refractivity contribution in [3.63, 3.8) is 0 Å². The summed E-state index contributed by atoms with van der Waals surface area (Å²) in [5.41, 5.74) is -0.189. The number of piperidine rings is 1. The largest absolute Gasteiger partial charge is 0.497 e. The van der Waals surface area contributed by atoms with Crippen molar-refractivity contribution in [1.29, 1.82) is 0 Å². The van der Waals surface area contributed by atoms with Gasteiger partial charge < -0.3 is 14.4 Å². The molecule has 34 heavy (non-hydrogen) atoms. The van der Waals surface area contributed by atoms with Crippen LogP contribution in [0.3, 0.4) is 0 Å². The Bertz CT molecular complexity index is 970. The predicted molar refractivity (Wildman–Crippen MR) is 129 cm³/mol. The van der Waals surface area contributed by atoms with Crippen molar-refractivity contribution in [3.8, 4) is 5.75 Å². The zero-order valence-corrected chi connectivity index (χ0v) is 20.4. The first-order valence-corrected chi connectivity index (χ1v) is 11.3. The molecule has 1 heterocycles. The summed E-state index contributed by atoms with van der Waals surface area (Å²) in [5.74, 6) is -0.325. The smallest absolute Gasteiger partial charge is 0.306 e. The highest BCUT2D eigenvalue weighted by atomic mass is 35.5. The first-order valence-electron chi connectivity index (χ1n) is 11.3. The van der Waals surface area contributed by atoms with Crippen LogP contribution in [0.25, 0.3) is 0 Å². The highest BCUT2D eigenvalue weighted by Gasteiger charge is 2.45. The van der Waals surface area contributed by atoms with Gasteiger partial charge in [0.05, 0.1) is 7.11 Å².